The number of aromatic nitrogens is 3. The largest absolute Gasteiger partial charge is 0.388 e. The molecule has 1 saturated heterocycles. The van der Waals surface area contributed by atoms with Crippen LogP contribution in [0.15, 0.2) is 78.9 Å². The van der Waals surface area contributed by atoms with Crippen LogP contribution in [-0.2, 0) is 11.3 Å². The summed E-state index contributed by atoms with van der Waals surface area (Å²) >= 11 is 0. The standard InChI is InChI=1S/C28H26F2N4O2/c29-23-10-6-21(7-11-23)27-31-28(22-8-12-24(30)13-9-22)34(32-27)18-25(35)33-16-14-20(15-17-33)26(36)19-4-2-1-3-5-19/h1-13,20,26,36H,14-18H2. The Kier molecular flexibility index (Phi) is 6.86. The number of benzene rings is 3. The van der Waals surface area contributed by atoms with E-state index in [0.717, 1.165) is 5.56 Å². The average molecular weight is 489 g/mol. The lowest BCUT2D eigenvalue weighted by Gasteiger charge is -2.34. The highest BCUT2D eigenvalue weighted by molar-refractivity contribution is 5.77. The smallest absolute Gasteiger partial charge is 0.244 e. The molecular weight excluding hydrogens is 462 g/mol. The van der Waals surface area contributed by atoms with E-state index in [1.807, 2.05) is 30.3 Å². The summed E-state index contributed by atoms with van der Waals surface area (Å²) in [5.74, 6) is 0.0150. The molecule has 6 nitrogen and oxygen atoms in total. The van der Waals surface area contributed by atoms with E-state index in [4.69, 9.17) is 0 Å². The maximum atomic E-state index is 13.5. The van der Waals surface area contributed by atoms with Crippen LogP contribution in [-0.4, -0.2) is 43.8 Å². The fourth-order valence-electron chi connectivity index (χ4n) is 4.60. The topological polar surface area (TPSA) is 71.2 Å². The molecule has 0 bridgehead atoms. The Morgan fingerprint density at radius 3 is 2.08 bits per heavy atom. The number of carbonyl (C=O) groups is 1. The molecule has 0 aliphatic carbocycles. The van der Waals surface area contributed by atoms with E-state index in [1.165, 1.54) is 28.9 Å². The zero-order valence-corrected chi connectivity index (χ0v) is 19.6. The minimum absolute atomic E-state index is 0.0349. The second-order valence-corrected chi connectivity index (χ2v) is 9.00. The molecule has 4 aromatic rings. The van der Waals surface area contributed by atoms with Crippen LogP contribution in [0.4, 0.5) is 8.78 Å². The van der Waals surface area contributed by atoms with Gasteiger partial charge < -0.3 is 10.0 Å². The molecule has 8 heteroatoms. The summed E-state index contributed by atoms with van der Waals surface area (Å²) in [6.07, 6.45) is 0.845. The minimum atomic E-state index is -0.554. The highest BCUT2D eigenvalue weighted by atomic mass is 19.1. The maximum Gasteiger partial charge on any atom is 0.244 e. The summed E-state index contributed by atoms with van der Waals surface area (Å²) < 4.78 is 28.4. The van der Waals surface area contributed by atoms with Crippen molar-refractivity contribution < 1.29 is 18.7 Å². The third-order valence-corrected chi connectivity index (χ3v) is 6.64. The Morgan fingerprint density at radius 2 is 1.47 bits per heavy atom. The summed E-state index contributed by atoms with van der Waals surface area (Å²) in [5.41, 5.74) is 2.12. The fraction of sp³-hybridized carbons (Fsp3) is 0.250. The number of piperidine rings is 1. The third-order valence-electron chi connectivity index (χ3n) is 6.64. The Labute approximate surface area is 207 Å². The monoisotopic (exact) mass is 488 g/mol. The van der Waals surface area contributed by atoms with Crippen molar-refractivity contribution in [3.63, 3.8) is 0 Å². The number of hydrogen-bond acceptors (Lipinski definition) is 4. The van der Waals surface area contributed by atoms with Gasteiger partial charge in [-0.15, -0.1) is 5.10 Å². The number of likely N-dealkylation sites (tertiary alicyclic amines) is 1. The van der Waals surface area contributed by atoms with E-state index in [2.05, 4.69) is 10.1 Å². The molecular formula is C28H26F2N4O2. The van der Waals surface area contributed by atoms with Gasteiger partial charge in [-0.3, -0.25) is 4.79 Å². The summed E-state index contributed by atoms with van der Waals surface area (Å²) in [6, 6.07) is 21.2. The van der Waals surface area contributed by atoms with Crippen LogP contribution in [0.1, 0.15) is 24.5 Å². The van der Waals surface area contributed by atoms with Gasteiger partial charge in [-0.2, -0.15) is 0 Å². The minimum Gasteiger partial charge on any atom is -0.388 e. The van der Waals surface area contributed by atoms with Crippen LogP contribution in [0, 0.1) is 17.6 Å². The Balaban J connectivity index is 1.32. The van der Waals surface area contributed by atoms with Crippen molar-refractivity contribution >= 4 is 5.91 Å². The van der Waals surface area contributed by atoms with Gasteiger partial charge >= 0.3 is 0 Å². The molecule has 1 aliphatic heterocycles. The molecule has 1 aliphatic rings. The van der Waals surface area contributed by atoms with Crippen LogP contribution >= 0.6 is 0 Å². The lowest BCUT2D eigenvalue weighted by atomic mass is 9.87. The first kappa shape index (κ1) is 23.8. The van der Waals surface area contributed by atoms with Crippen molar-refractivity contribution in [3.05, 3.63) is 96.1 Å². The molecule has 1 amide bonds. The molecule has 1 N–H and O–H groups in total. The summed E-state index contributed by atoms with van der Waals surface area (Å²) in [7, 11) is 0. The SMILES string of the molecule is O=C(Cn1nc(-c2ccc(F)cc2)nc1-c1ccc(F)cc1)N1CCC(C(O)c2ccccc2)CC1. The van der Waals surface area contributed by atoms with E-state index in [1.54, 1.807) is 29.2 Å². The molecule has 1 atom stereocenters. The summed E-state index contributed by atoms with van der Waals surface area (Å²) in [4.78, 5) is 19.6. The summed E-state index contributed by atoms with van der Waals surface area (Å²) in [6.45, 7) is 1.05. The number of amides is 1. The lowest BCUT2D eigenvalue weighted by molar-refractivity contribution is -0.134. The number of aliphatic hydroxyl groups excluding tert-OH is 1. The van der Waals surface area contributed by atoms with Crippen molar-refractivity contribution in [3.8, 4) is 22.8 Å². The van der Waals surface area contributed by atoms with Crippen molar-refractivity contribution in [1.82, 2.24) is 19.7 Å². The van der Waals surface area contributed by atoms with E-state index in [0.29, 0.717) is 48.7 Å². The van der Waals surface area contributed by atoms with Crippen LogP contribution < -0.4 is 0 Å². The van der Waals surface area contributed by atoms with Crippen molar-refractivity contribution in [1.29, 1.82) is 0 Å². The maximum absolute atomic E-state index is 13.5. The molecule has 2 heterocycles. The molecule has 0 radical (unpaired) electrons. The fourth-order valence-corrected chi connectivity index (χ4v) is 4.60. The Hall–Kier alpha value is -3.91. The third kappa shape index (κ3) is 5.18. The highest BCUT2D eigenvalue weighted by Crippen LogP contribution is 2.31. The van der Waals surface area contributed by atoms with Gasteiger partial charge in [-0.25, -0.2) is 18.4 Å². The number of nitrogens with zero attached hydrogens (tertiary/aromatic N) is 4. The molecule has 3 aromatic carbocycles. The molecule has 184 valence electrons. The van der Waals surface area contributed by atoms with Crippen molar-refractivity contribution in [2.45, 2.75) is 25.5 Å². The molecule has 0 saturated carbocycles. The first-order valence-electron chi connectivity index (χ1n) is 12.0. The first-order chi connectivity index (χ1) is 17.5. The quantitative estimate of drug-likeness (QED) is 0.421. The second-order valence-electron chi connectivity index (χ2n) is 9.00. The molecule has 0 spiro atoms. The van der Waals surface area contributed by atoms with Gasteiger partial charge in [0.25, 0.3) is 0 Å². The van der Waals surface area contributed by atoms with Crippen LogP contribution in [0.5, 0.6) is 0 Å². The average Bonchev–Trinajstić information content (AvgIpc) is 3.33. The van der Waals surface area contributed by atoms with Gasteiger partial charge in [0.1, 0.15) is 18.2 Å². The van der Waals surface area contributed by atoms with Crippen molar-refractivity contribution in [2.75, 3.05) is 13.1 Å². The first-order valence-corrected chi connectivity index (χ1v) is 12.0. The number of hydrogen-bond donors (Lipinski definition) is 1. The van der Waals surface area contributed by atoms with E-state index in [9.17, 15) is 18.7 Å². The van der Waals surface area contributed by atoms with Gasteiger partial charge in [-0.05, 0) is 72.9 Å². The number of rotatable bonds is 6. The second kappa shape index (κ2) is 10.4. The van der Waals surface area contributed by atoms with Gasteiger partial charge in [0.05, 0.1) is 6.10 Å². The van der Waals surface area contributed by atoms with Gasteiger partial charge in [0.15, 0.2) is 11.6 Å². The van der Waals surface area contributed by atoms with Gasteiger partial charge in [0, 0.05) is 24.2 Å². The molecule has 36 heavy (non-hydrogen) atoms. The van der Waals surface area contributed by atoms with Crippen LogP contribution in [0.3, 0.4) is 0 Å². The molecule has 1 fully saturated rings. The number of carbonyl (C=O) groups excluding carboxylic acids is 1. The zero-order chi connectivity index (χ0) is 25.1. The predicted octanol–water partition coefficient (Wildman–Crippen LogP) is 4.86. The highest BCUT2D eigenvalue weighted by Gasteiger charge is 2.29. The van der Waals surface area contributed by atoms with Gasteiger partial charge in [0.2, 0.25) is 5.91 Å². The normalized spacial score (nSPS) is 15.1. The number of halogens is 2. The predicted molar refractivity (Wildman–Crippen MR) is 132 cm³/mol. The van der Waals surface area contributed by atoms with Gasteiger partial charge in [-0.1, -0.05) is 30.3 Å². The Morgan fingerprint density at radius 1 is 0.889 bits per heavy atom. The number of aliphatic hydroxyl groups is 1. The molecule has 1 aromatic heterocycles. The van der Waals surface area contributed by atoms with Crippen LogP contribution in [0.25, 0.3) is 22.8 Å². The molecule has 5 rings (SSSR count). The molecule has 1 unspecified atom stereocenters. The van der Waals surface area contributed by atoms with E-state index >= 15 is 0 Å². The summed E-state index contributed by atoms with van der Waals surface area (Å²) in [5, 5.41) is 15.3. The Bertz CT molecular complexity index is 1320. The van der Waals surface area contributed by atoms with E-state index < -0.39 is 6.10 Å². The van der Waals surface area contributed by atoms with Crippen LogP contribution in [0.2, 0.25) is 0 Å². The zero-order valence-electron chi connectivity index (χ0n) is 19.6. The lowest BCUT2D eigenvalue weighted by Crippen LogP contribution is -2.41. The van der Waals surface area contributed by atoms with Crippen molar-refractivity contribution in [2.24, 2.45) is 5.92 Å². The van der Waals surface area contributed by atoms with E-state index in [-0.39, 0.29) is 30.0 Å².